The third-order valence-electron chi connectivity index (χ3n) is 2.15. The van der Waals surface area contributed by atoms with E-state index < -0.39 is 0 Å². The molecule has 0 heterocycles. The smallest absolute Gasteiger partial charge is 0.172 e. The normalized spacial score (nSPS) is 16.9. The minimum Gasteiger partial charge on any atom is -0.377 e. The maximum Gasteiger partial charge on any atom is 0.172 e. The van der Waals surface area contributed by atoms with E-state index in [0.717, 1.165) is 6.54 Å². The lowest BCUT2D eigenvalue weighted by Gasteiger charge is -2.18. The van der Waals surface area contributed by atoms with Gasteiger partial charge in [0.1, 0.15) is 6.61 Å². The van der Waals surface area contributed by atoms with E-state index in [0.29, 0.717) is 12.6 Å². The van der Waals surface area contributed by atoms with Crippen LogP contribution >= 0.6 is 0 Å². The molecule has 3 heteroatoms. The first-order chi connectivity index (χ1) is 5.77. The van der Waals surface area contributed by atoms with Crippen LogP contribution in [-0.4, -0.2) is 43.5 Å². The molecule has 3 nitrogen and oxygen atoms in total. The topological polar surface area (TPSA) is 29.5 Å². The fourth-order valence-electron chi connectivity index (χ4n) is 1.37. The van der Waals surface area contributed by atoms with Gasteiger partial charge in [-0.05, 0) is 19.4 Å². The van der Waals surface area contributed by atoms with E-state index in [9.17, 15) is 4.79 Å². The van der Waals surface area contributed by atoms with Crippen molar-refractivity contribution in [3.8, 4) is 0 Å². The van der Waals surface area contributed by atoms with Crippen LogP contribution < -0.4 is 0 Å². The average Bonchev–Trinajstić information content (AvgIpc) is 2.83. The molecule has 0 atom stereocenters. The van der Waals surface area contributed by atoms with Crippen molar-refractivity contribution in [3.63, 3.8) is 0 Å². The van der Waals surface area contributed by atoms with Gasteiger partial charge in [-0.2, -0.15) is 0 Å². The van der Waals surface area contributed by atoms with E-state index in [-0.39, 0.29) is 12.4 Å². The highest BCUT2D eigenvalue weighted by Gasteiger charge is 2.28. The average molecular weight is 171 g/mol. The molecule has 1 rings (SSSR count). The highest BCUT2D eigenvalue weighted by molar-refractivity contribution is 5.81. The van der Waals surface area contributed by atoms with Crippen LogP contribution in [0.25, 0.3) is 0 Å². The van der Waals surface area contributed by atoms with E-state index in [4.69, 9.17) is 4.74 Å². The van der Waals surface area contributed by atoms with E-state index in [1.54, 1.807) is 7.11 Å². The van der Waals surface area contributed by atoms with Gasteiger partial charge in [-0.3, -0.25) is 9.69 Å². The molecule has 0 spiro atoms. The lowest BCUT2D eigenvalue weighted by Crippen LogP contribution is -2.33. The van der Waals surface area contributed by atoms with E-state index in [1.807, 2.05) is 0 Å². The molecule has 0 aliphatic heterocycles. The van der Waals surface area contributed by atoms with Crippen molar-refractivity contribution in [2.45, 2.75) is 25.8 Å². The Hall–Kier alpha value is -0.410. The van der Waals surface area contributed by atoms with Crippen LogP contribution in [-0.2, 0) is 9.53 Å². The maximum atomic E-state index is 11.2. The molecule has 0 unspecified atom stereocenters. The monoisotopic (exact) mass is 171 g/mol. The van der Waals surface area contributed by atoms with Crippen LogP contribution in [0.3, 0.4) is 0 Å². The second-order valence-electron chi connectivity index (χ2n) is 3.27. The summed E-state index contributed by atoms with van der Waals surface area (Å²) < 4.78 is 4.77. The summed E-state index contributed by atoms with van der Waals surface area (Å²) in [4.78, 5) is 13.4. The Bertz CT molecular complexity index is 155. The second kappa shape index (κ2) is 4.58. The number of nitrogens with zero attached hydrogens (tertiary/aromatic N) is 1. The Morgan fingerprint density at radius 2 is 2.25 bits per heavy atom. The fraction of sp³-hybridized carbons (Fsp3) is 0.889. The summed E-state index contributed by atoms with van der Waals surface area (Å²) in [5.41, 5.74) is 0. The van der Waals surface area contributed by atoms with Crippen LogP contribution in [0.5, 0.6) is 0 Å². The number of hydrogen-bond donors (Lipinski definition) is 0. The van der Waals surface area contributed by atoms with Gasteiger partial charge in [0, 0.05) is 13.2 Å². The van der Waals surface area contributed by atoms with Gasteiger partial charge in [-0.15, -0.1) is 0 Å². The van der Waals surface area contributed by atoms with Crippen molar-refractivity contribution in [1.82, 2.24) is 4.90 Å². The van der Waals surface area contributed by atoms with Gasteiger partial charge in [0.05, 0.1) is 6.54 Å². The SMILES string of the molecule is CCN(CC(=O)COC)C1CC1. The van der Waals surface area contributed by atoms with Crippen LogP contribution in [0.15, 0.2) is 0 Å². The summed E-state index contributed by atoms with van der Waals surface area (Å²) in [7, 11) is 1.56. The zero-order valence-corrected chi connectivity index (χ0v) is 7.88. The van der Waals surface area contributed by atoms with Gasteiger partial charge >= 0.3 is 0 Å². The highest BCUT2D eigenvalue weighted by Crippen LogP contribution is 2.25. The zero-order valence-electron chi connectivity index (χ0n) is 7.88. The summed E-state index contributed by atoms with van der Waals surface area (Å²) in [6, 6.07) is 0.677. The van der Waals surface area contributed by atoms with Gasteiger partial charge in [0.15, 0.2) is 5.78 Å². The van der Waals surface area contributed by atoms with Crippen LogP contribution in [0, 0.1) is 0 Å². The predicted octanol–water partition coefficient (Wildman–Crippen LogP) is 0.686. The van der Waals surface area contributed by atoms with Crippen molar-refractivity contribution in [1.29, 1.82) is 0 Å². The Kier molecular flexibility index (Phi) is 3.69. The molecule has 0 aromatic carbocycles. The van der Waals surface area contributed by atoms with Crippen LogP contribution in [0.4, 0.5) is 0 Å². The molecule has 70 valence electrons. The van der Waals surface area contributed by atoms with Crippen molar-refractivity contribution in [3.05, 3.63) is 0 Å². The first kappa shape index (κ1) is 9.68. The second-order valence-corrected chi connectivity index (χ2v) is 3.27. The predicted molar refractivity (Wildman–Crippen MR) is 47.2 cm³/mol. The first-order valence-electron chi connectivity index (χ1n) is 4.52. The third kappa shape index (κ3) is 2.91. The molecule has 0 aromatic rings. The molecular formula is C9H17NO2. The van der Waals surface area contributed by atoms with Crippen LogP contribution in [0.2, 0.25) is 0 Å². The number of Topliss-reactive ketones (excluding diaryl/α,β-unsaturated/α-hetero) is 1. The summed E-state index contributed by atoms with van der Waals surface area (Å²) in [6.07, 6.45) is 2.52. The molecule has 0 radical (unpaired) electrons. The van der Waals surface area contributed by atoms with Crippen molar-refractivity contribution in [2.24, 2.45) is 0 Å². The summed E-state index contributed by atoms with van der Waals surface area (Å²) in [6.45, 7) is 3.89. The number of rotatable bonds is 6. The molecular weight excluding hydrogens is 154 g/mol. The number of carbonyl (C=O) groups is 1. The molecule has 1 fully saturated rings. The molecule has 1 saturated carbocycles. The number of ether oxygens (including phenoxy) is 1. The number of ketones is 1. The van der Waals surface area contributed by atoms with Gasteiger partial charge in [-0.25, -0.2) is 0 Å². The number of likely N-dealkylation sites (N-methyl/N-ethyl adjacent to an activating group) is 1. The van der Waals surface area contributed by atoms with E-state index in [2.05, 4.69) is 11.8 Å². The number of methoxy groups -OCH3 is 1. The maximum absolute atomic E-state index is 11.2. The van der Waals surface area contributed by atoms with E-state index >= 15 is 0 Å². The molecule has 0 N–H and O–H groups in total. The Labute approximate surface area is 73.7 Å². The van der Waals surface area contributed by atoms with Gasteiger partial charge in [0.2, 0.25) is 0 Å². The van der Waals surface area contributed by atoms with Crippen LogP contribution in [0.1, 0.15) is 19.8 Å². The summed E-state index contributed by atoms with van der Waals surface area (Å²) in [5.74, 6) is 0.186. The molecule has 0 saturated heterocycles. The molecule has 0 amide bonds. The minimum absolute atomic E-state index is 0.186. The van der Waals surface area contributed by atoms with Crippen molar-refractivity contribution < 1.29 is 9.53 Å². The molecule has 1 aliphatic rings. The van der Waals surface area contributed by atoms with E-state index in [1.165, 1.54) is 12.8 Å². The Morgan fingerprint density at radius 3 is 2.67 bits per heavy atom. The quantitative estimate of drug-likeness (QED) is 0.588. The Balaban J connectivity index is 2.21. The van der Waals surface area contributed by atoms with Gasteiger partial charge in [-0.1, -0.05) is 6.92 Å². The molecule has 1 aliphatic carbocycles. The number of hydrogen-bond acceptors (Lipinski definition) is 3. The lowest BCUT2D eigenvalue weighted by atomic mass is 10.3. The molecule has 12 heavy (non-hydrogen) atoms. The summed E-state index contributed by atoms with van der Waals surface area (Å²) in [5, 5.41) is 0. The lowest BCUT2D eigenvalue weighted by molar-refractivity contribution is -0.123. The third-order valence-corrected chi connectivity index (χ3v) is 2.15. The minimum atomic E-state index is 0.186. The highest BCUT2D eigenvalue weighted by atomic mass is 16.5. The van der Waals surface area contributed by atoms with Crippen molar-refractivity contribution >= 4 is 5.78 Å². The zero-order chi connectivity index (χ0) is 8.97. The Morgan fingerprint density at radius 1 is 1.58 bits per heavy atom. The van der Waals surface area contributed by atoms with Crippen molar-refractivity contribution in [2.75, 3.05) is 26.8 Å². The van der Waals surface area contributed by atoms with Gasteiger partial charge in [0.25, 0.3) is 0 Å². The van der Waals surface area contributed by atoms with Gasteiger partial charge < -0.3 is 4.74 Å². The first-order valence-corrected chi connectivity index (χ1v) is 4.52. The summed E-state index contributed by atoms with van der Waals surface area (Å²) >= 11 is 0. The molecule has 0 bridgehead atoms. The fourth-order valence-corrected chi connectivity index (χ4v) is 1.37. The largest absolute Gasteiger partial charge is 0.377 e. The standard InChI is InChI=1S/C9H17NO2/c1-3-10(8-4-5-8)6-9(11)7-12-2/h8H,3-7H2,1-2H3. The molecule has 0 aromatic heterocycles. The number of carbonyl (C=O) groups excluding carboxylic acids is 1.